The molecule has 1 aliphatic heterocycles. The van der Waals surface area contributed by atoms with Crippen molar-refractivity contribution >= 4 is 35.0 Å². The SMILES string of the molecule is CC1=C(C(=O)Nc2ccccc2)C(c2ccccc2)C(C#N)=C(SCC(=O)Nc2ccccc2C(F)(F)F)N1. The van der Waals surface area contributed by atoms with E-state index in [0.717, 1.165) is 17.8 Å². The third-order valence-electron chi connectivity index (χ3n) is 5.91. The van der Waals surface area contributed by atoms with Crippen LogP contribution in [0.5, 0.6) is 0 Å². The number of alkyl halides is 3. The van der Waals surface area contributed by atoms with Crippen LogP contribution in [-0.2, 0) is 15.8 Å². The van der Waals surface area contributed by atoms with Gasteiger partial charge in [0.2, 0.25) is 5.91 Å². The number of nitrogens with zero attached hydrogens (tertiary/aromatic N) is 1. The van der Waals surface area contributed by atoms with Crippen LogP contribution in [0.3, 0.4) is 0 Å². The molecule has 1 heterocycles. The molecule has 1 aliphatic rings. The number of hydrogen-bond donors (Lipinski definition) is 3. The monoisotopic (exact) mass is 548 g/mol. The van der Waals surface area contributed by atoms with Gasteiger partial charge in [0.05, 0.1) is 39.6 Å². The van der Waals surface area contributed by atoms with Crippen molar-refractivity contribution < 1.29 is 22.8 Å². The molecule has 3 N–H and O–H groups in total. The number of benzene rings is 3. The van der Waals surface area contributed by atoms with Crippen LogP contribution in [0.4, 0.5) is 24.5 Å². The Balaban J connectivity index is 1.60. The van der Waals surface area contributed by atoms with Gasteiger partial charge >= 0.3 is 6.18 Å². The van der Waals surface area contributed by atoms with Gasteiger partial charge in [0.25, 0.3) is 5.91 Å². The number of carbonyl (C=O) groups excluding carboxylic acids is 2. The van der Waals surface area contributed by atoms with Crippen molar-refractivity contribution in [3.8, 4) is 6.07 Å². The maximum Gasteiger partial charge on any atom is 0.418 e. The Hall–Kier alpha value is -4.49. The van der Waals surface area contributed by atoms with Crippen molar-refractivity contribution in [2.45, 2.75) is 19.0 Å². The van der Waals surface area contributed by atoms with Gasteiger partial charge in [-0.25, -0.2) is 0 Å². The number of nitrogens with one attached hydrogen (secondary N) is 3. The van der Waals surface area contributed by atoms with Crippen molar-refractivity contribution in [1.29, 1.82) is 5.26 Å². The number of hydrogen-bond acceptors (Lipinski definition) is 5. The molecule has 1 atom stereocenters. The van der Waals surface area contributed by atoms with E-state index in [-0.39, 0.29) is 17.0 Å². The van der Waals surface area contributed by atoms with Gasteiger partial charge in [0.1, 0.15) is 0 Å². The number of dihydropyridines is 1. The maximum atomic E-state index is 13.4. The van der Waals surface area contributed by atoms with E-state index in [2.05, 4.69) is 22.0 Å². The summed E-state index contributed by atoms with van der Waals surface area (Å²) < 4.78 is 39.9. The molecule has 0 saturated heterocycles. The average molecular weight is 549 g/mol. The minimum Gasteiger partial charge on any atom is -0.353 e. The number of nitriles is 1. The molecule has 0 bridgehead atoms. The summed E-state index contributed by atoms with van der Waals surface area (Å²) in [5, 5.41) is 18.7. The van der Waals surface area contributed by atoms with Gasteiger partial charge in [-0.3, -0.25) is 9.59 Å². The lowest BCUT2D eigenvalue weighted by molar-refractivity contribution is -0.137. The summed E-state index contributed by atoms with van der Waals surface area (Å²) in [4.78, 5) is 26.0. The molecule has 10 heteroatoms. The molecule has 4 rings (SSSR count). The highest BCUT2D eigenvalue weighted by molar-refractivity contribution is 8.03. The second kappa shape index (κ2) is 11.9. The van der Waals surface area contributed by atoms with Crippen molar-refractivity contribution in [3.05, 3.63) is 118 Å². The summed E-state index contributed by atoms with van der Waals surface area (Å²) in [6.45, 7) is 1.70. The van der Waals surface area contributed by atoms with Crippen molar-refractivity contribution in [1.82, 2.24) is 5.32 Å². The Kier molecular flexibility index (Phi) is 8.42. The average Bonchev–Trinajstić information content (AvgIpc) is 2.92. The summed E-state index contributed by atoms with van der Waals surface area (Å²) in [5.41, 5.74) is 1.05. The highest BCUT2D eigenvalue weighted by Gasteiger charge is 2.36. The number of thioether (sulfide) groups is 1. The predicted octanol–water partition coefficient (Wildman–Crippen LogP) is 6.41. The minimum atomic E-state index is -4.63. The Morgan fingerprint density at radius 3 is 2.21 bits per heavy atom. The fourth-order valence-corrected chi connectivity index (χ4v) is 5.08. The third-order valence-corrected chi connectivity index (χ3v) is 6.93. The fraction of sp³-hybridized carbons (Fsp3) is 0.138. The van der Waals surface area contributed by atoms with Crippen LogP contribution in [0, 0.1) is 11.3 Å². The number of anilines is 2. The molecule has 0 radical (unpaired) electrons. The van der Waals surface area contributed by atoms with E-state index >= 15 is 0 Å². The third kappa shape index (κ3) is 6.51. The van der Waals surface area contributed by atoms with Gasteiger partial charge in [0, 0.05) is 17.0 Å². The summed E-state index contributed by atoms with van der Waals surface area (Å²) in [7, 11) is 0. The number of allylic oxidation sites excluding steroid dienone is 2. The fourth-order valence-electron chi connectivity index (χ4n) is 4.19. The number of halogens is 3. The smallest absolute Gasteiger partial charge is 0.353 e. The molecule has 0 saturated carbocycles. The Bertz CT molecular complexity index is 1480. The van der Waals surface area contributed by atoms with E-state index < -0.39 is 29.5 Å². The Morgan fingerprint density at radius 1 is 0.949 bits per heavy atom. The predicted molar refractivity (Wildman–Crippen MR) is 145 cm³/mol. The first-order valence-electron chi connectivity index (χ1n) is 11.8. The molecule has 3 aromatic rings. The molecule has 0 aromatic heterocycles. The standard InChI is InChI=1S/C29H23F3N4O2S/c1-18-25(27(38)35-20-12-6-3-7-13-20)26(19-10-4-2-5-11-19)21(16-33)28(34-18)39-17-24(37)36-23-15-9-8-14-22(23)29(30,31)32/h2-15,26,34H,17H2,1H3,(H,35,38)(H,36,37). The quantitative estimate of drug-likeness (QED) is 0.317. The van der Waals surface area contributed by atoms with E-state index in [4.69, 9.17) is 0 Å². The van der Waals surface area contributed by atoms with E-state index in [9.17, 15) is 28.0 Å². The molecule has 0 aliphatic carbocycles. The first kappa shape index (κ1) is 27.5. The molecule has 0 fully saturated rings. The van der Waals surface area contributed by atoms with Gasteiger partial charge in [-0.15, -0.1) is 0 Å². The van der Waals surface area contributed by atoms with Crippen LogP contribution in [0.25, 0.3) is 0 Å². The Morgan fingerprint density at radius 2 is 1.56 bits per heavy atom. The molecule has 1 unspecified atom stereocenters. The summed E-state index contributed by atoms with van der Waals surface area (Å²) >= 11 is 0.978. The van der Waals surface area contributed by atoms with Crippen LogP contribution in [0.1, 0.15) is 24.0 Å². The van der Waals surface area contributed by atoms with Crippen LogP contribution in [0.2, 0.25) is 0 Å². The second-order valence-corrected chi connectivity index (χ2v) is 9.55. The lowest BCUT2D eigenvalue weighted by Crippen LogP contribution is -2.31. The zero-order chi connectivity index (χ0) is 28.0. The van der Waals surface area contributed by atoms with Crippen molar-refractivity contribution in [3.63, 3.8) is 0 Å². The van der Waals surface area contributed by atoms with E-state index in [0.29, 0.717) is 27.6 Å². The summed E-state index contributed by atoms with van der Waals surface area (Å²) in [6, 6.07) is 24.8. The van der Waals surface area contributed by atoms with Crippen molar-refractivity contribution in [2.75, 3.05) is 16.4 Å². The number of para-hydroxylation sites is 2. The summed E-state index contributed by atoms with van der Waals surface area (Å²) in [5.74, 6) is -2.05. The van der Waals surface area contributed by atoms with Crippen LogP contribution < -0.4 is 16.0 Å². The molecular weight excluding hydrogens is 525 g/mol. The van der Waals surface area contributed by atoms with Crippen LogP contribution >= 0.6 is 11.8 Å². The lowest BCUT2D eigenvalue weighted by atomic mass is 9.82. The van der Waals surface area contributed by atoms with Gasteiger partial charge in [-0.2, -0.15) is 18.4 Å². The van der Waals surface area contributed by atoms with Gasteiger partial charge in [-0.1, -0.05) is 72.4 Å². The first-order chi connectivity index (χ1) is 18.7. The van der Waals surface area contributed by atoms with Gasteiger partial charge in [0.15, 0.2) is 0 Å². The lowest BCUT2D eigenvalue weighted by Gasteiger charge is -2.30. The minimum absolute atomic E-state index is 0.221. The van der Waals surface area contributed by atoms with E-state index in [1.165, 1.54) is 18.2 Å². The topological polar surface area (TPSA) is 94.0 Å². The molecular formula is C29H23F3N4O2S. The molecule has 39 heavy (non-hydrogen) atoms. The van der Waals surface area contributed by atoms with E-state index in [1.807, 2.05) is 12.1 Å². The van der Waals surface area contributed by atoms with Crippen LogP contribution in [-0.4, -0.2) is 17.6 Å². The highest BCUT2D eigenvalue weighted by Crippen LogP contribution is 2.41. The largest absolute Gasteiger partial charge is 0.418 e. The number of carbonyl (C=O) groups is 2. The molecule has 6 nitrogen and oxygen atoms in total. The highest BCUT2D eigenvalue weighted by atomic mass is 32.2. The summed E-state index contributed by atoms with van der Waals surface area (Å²) in [6.07, 6.45) is -4.63. The van der Waals surface area contributed by atoms with E-state index in [1.54, 1.807) is 55.5 Å². The first-order valence-corrected chi connectivity index (χ1v) is 12.8. The molecule has 2 amide bonds. The maximum absolute atomic E-state index is 13.4. The van der Waals surface area contributed by atoms with Crippen LogP contribution in [0.15, 0.2) is 107 Å². The molecule has 3 aromatic carbocycles. The van der Waals surface area contributed by atoms with Gasteiger partial charge < -0.3 is 16.0 Å². The molecule has 0 spiro atoms. The zero-order valence-electron chi connectivity index (χ0n) is 20.7. The van der Waals surface area contributed by atoms with Gasteiger partial charge in [-0.05, 0) is 36.8 Å². The Labute approximate surface area is 227 Å². The molecule has 198 valence electrons. The number of amides is 2. The van der Waals surface area contributed by atoms with Crippen molar-refractivity contribution in [2.24, 2.45) is 0 Å². The number of rotatable bonds is 7. The normalized spacial score (nSPS) is 15.3. The second-order valence-electron chi connectivity index (χ2n) is 8.56. The zero-order valence-corrected chi connectivity index (χ0v) is 21.5.